The second-order valence-corrected chi connectivity index (χ2v) is 7.24. The molecule has 0 aliphatic heterocycles. The van der Waals surface area contributed by atoms with Gasteiger partial charge >= 0.3 is 0 Å². The van der Waals surface area contributed by atoms with E-state index in [0.29, 0.717) is 30.4 Å². The van der Waals surface area contributed by atoms with Gasteiger partial charge in [0.05, 0.1) is 0 Å². The smallest absolute Gasteiger partial charge is 0.123 e. The molecule has 2 nitrogen and oxygen atoms in total. The van der Waals surface area contributed by atoms with Crippen molar-refractivity contribution in [3.05, 3.63) is 83.0 Å². The molecule has 0 spiro atoms. The molecular formula is C24H28O2. The minimum absolute atomic E-state index is 0.00681. The summed E-state index contributed by atoms with van der Waals surface area (Å²) in [6, 6.07) is 13.4. The quantitative estimate of drug-likeness (QED) is 0.659. The van der Waals surface area contributed by atoms with Gasteiger partial charge in [0.25, 0.3) is 0 Å². The lowest BCUT2D eigenvalue weighted by Crippen LogP contribution is -2.17. The molecule has 0 saturated heterocycles. The zero-order chi connectivity index (χ0) is 21.2. The van der Waals surface area contributed by atoms with E-state index in [1.54, 1.807) is 18.2 Å². The van der Waals surface area contributed by atoms with Crippen LogP contribution >= 0.6 is 0 Å². The van der Waals surface area contributed by atoms with Gasteiger partial charge in [-0.25, -0.2) is 0 Å². The highest BCUT2D eigenvalue weighted by Gasteiger charge is 2.30. The summed E-state index contributed by atoms with van der Waals surface area (Å²) < 4.78 is 23.2. The number of hydrogen-bond donors (Lipinski definition) is 2. The van der Waals surface area contributed by atoms with Gasteiger partial charge in [-0.15, -0.1) is 0 Å². The van der Waals surface area contributed by atoms with E-state index in [1.165, 1.54) is 5.56 Å². The Morgan fingerprint density at radius 2 is 1.77 bits per heavy atom. The number of allylic oxidation sites excluding steroid dienone is 3. The first-order chi connectivity index (χ1) is 13.7. The SMILES string of the molecule is [2H]C([2H])([2H])C1=C[C@@H](c2c(O)cc(CCc3ccccc3)cc2O)[C@H](C(=C)C)CC1. The van der Waals surface area contributed by atoms with Crippen molar-refractivity contribution < 1.29 is 14.3 Å². The molecule has 3 rings (SSSR count). The Morgan fingerprint density at radius 3 is 2.38 bits per heavy atom. The predicted octanol–water partition coefficient (Wildman–Crippen LogP) is 5.90. The third-order valence-corrected chi connectivity index (χ3v) is 5.25. The number of aryl methyl sites for hydroxylation is 2. The molecule has 0 radical (unpaired) electrons. The number of phenolic OH excluding ortho intramolecular Hbond substituents is 2. The first-order valence-corrected chi connectivity index (χ1v) is 9.12. The van der Waals surface area contributed by atoms with Crippen LogP contribution in [0, 0.1) is 5.92 Å². The van der Waals surface area contributed by atoms with E-state index in [-0.39, 0.29) is 17.4 Å². The van der Waals surface area contributed by atoms with Crippen LogP contribution in [0.3, 0.4) is 0 Å². The van der Waals surface area contributed by atoms with Crippen LogP contribution in [0.25, 0.3) is 0 Å². The Morgan fingerprint density at radius 1 is 1.12 bits per heavy atom. The van der Waals surface area contributed by atoms with Crippen LogP contribution in [0.5, 0.6) is 11.5 Å². The lowest BCUT2D eigenvalue weighted by Gasteiger charge is -2.31. The fraction of sp³-hybridized carbons (Fsp3) is 0.333. The second-order valence-electron chi connectivity index (χ2n) is 7.24. The molecule has 26 heavy (non-hydrogen) atoms. The van der Waals surface area contributed by atoms with Gasteiger partial charge in [-0.2, -0.15) is 0 Å². The van der Waals surface area contributed by atoms with Gasteiger partial charge in [0.1, 0.15) is 11.5 Å². The van der Waals surface area contributed by atoms with Crippen molar-refractivity contribution in [3.8, 4) is 11.5 Å². The highest BCUT2D eigenvalue weighted by Crippen LogP contribution is 2.46. The molecule has 0 unspecified atom stereocenters. The fourth-order valence-electron chi connectivity index (χ4n) is 3.84. The summed E-state index contributed by atoms with van der Waals surface area (Å²) in [6.45, 7) is 3.79. The van der Waals surface area contributed by atoms with Crippen LogP contribution in [-0.2, 0) is 12.8 Å². The molecule has 0 amide bonds. The van der Waals surface area contributed by atoms with E-state index >= 15 is 0 Å². The number of aromatic hydroxyl groups is 2. The molecule has 0 saturated carbocycles. The van der Waals surface area contributed by atoms with Crippen LogP contribution in [0.4, 0.5) is 0 Å². The predicted molar refractivity (Wildman–Crippen MR) is 108 cm³/mol. The van der Waals surface area contributed by atoms with Gasteiger partial charge in [0, 0.05) is 15.6 Å². The minimum atomic E-state index is -2.17. The molecule has 1 aliphatic carbocycles. The summed E-state index contributed by atoms with van der Waals surface area (Å²) in [5.74, 6) is -0.410. The van der Waals surface area contributed by atoms with Crippen molar-refractivity contribution in [2.45, 2.75) is 45.4 Å². The van der Waals surface area contributed by atoms with E-state index in [2.05, 4.69) is 18.7 Å². The number of rotatable bonds is 5. The lowest BCUT2D eigenvalue weighted by atomic mass is 9.73. The minimum Gasteiger partial charge on any atom is -0.507 e. The molecule has 0 aromatic heterocycles. The monoisotopic (exact) mass is 351 g/mol. The van der Waals surface area contributed by atoms with Crippen molar-refractivity contribution in [3.63, 3.8) is 0 Å². The number of phenols is 2. The summed E-state index contributed by atoms with van der Waals surface area (Å²) in [4.78, 5) is 0. The van der Waals surface area contributed by atoms with Crippen LogP contribution in [-0.4, -0.2) is 10.2 Å². The van der Waals surface area contributed by atoms with Crippen molar-refractivity contribution in [2.24, 2.45) is 5.92 Å². The van der Waals surface area contributed by atoms with Crippen LogP contribution in [0.15, 0.2) is 66.3 Å². The van der Waals surface area contributed by atoms with Crippen LogP contribution < -0.4 is 0 Å². The molecule has 2 N–H and O–H groups in total. The van der Waals surface area contributed by atoms with Gasteiger partial charge in [-0.3, -0.25) is 0 Å². The molecule has 2 atom stereocenters. The molecule has 0 bridgehead atoms. The third kappa shape index (κ3) is 4.01. The Balaban J connectivity index is 1.92. The topological polar surface area (TPSA) is 40.5 Å². The summed E-state index contributed by atoms with van der Waals surface area (Å²) >= 11 is 0. The highest BCUT2D eigenvalue weighted by molar-refractivity contribution is 5.52. The maximum atomic E-state index is 10.8. The average Bonchev–Trinajstić information content (AvgIpc) is 2.66. The Hall–Kier alpha value is -2.48. The van der Waals surface area contributed by atoms with Gasteiger partial charge in [0.2, 0.25) is 0 Å². The maximum Gasteiger partial charge on any atom is 0.123 e. The highest BCUT2D eigenvalue weighted by atomic mass is 16.3. The standard InChI is InChI=1S/C24H28O2/c1-16(2)20-12-9-17(3)13-21(20)24-22(25)14-19(15-23(24)26)11-10-18-7-5-4-6-8-18/h4-8,13-15,20-21,25-26H,1,9-12H2,2-3H3/t20-,21+/m0/s1/i3D3. The zero-order valence-corrected chi connectivity index (χ0v) is 15.2. The van der Waals surface area contributed by atoms with Crippen LogP contribution in [0.1, 0.15) is 53.3 Å². The van der Waals surface area contributed by atoms with Gasteiger partial charge < -0.3 is 10.2 Å². The summed E-state index contributed by atoms with van der Waals surface area (Å²) in [6.07, 6.45) is 4.31. The zero-order valence-electron chi connectivity index (χ0n) is 18.2. The molecule has 2 aromatic rings. The Labute approximate surface area is 160 Å². The molecule has 136 valence electrons. The number of hydrogen-bond acceptors (Lipinski definition) is 2. The van der Waals surface area contributed by atoms with Gasteiger partial charge in [-0.05, 0) is 68.6 Å². The van der Waals surface area contributed by atoms with Crippen molar-refractivity contribution in [1.82, 2.24) is 0 Å². The number of benzene rings is 2. The summed E-state index contributed by atoms with van der Waals surface area (Å²) in [7, 11) is 0. The van der Waals surface area contributed by atoms with Crippen molar-refractivity contribution in [2.75, 3.05) is 0 Å². The van der Waals surface area contributed by atoms with E-state index < -0.39 is 12.8 Å². The summed E-state index contributed by atoms with van der Waals surface area (Å²) in [5.41, 5.74) is 3.73. The maximum absolute atomic E-state index is 10.8. The molecule has 0 fully saturated rings. The van der Waals surface area contributed by atoms with Gasteiger partial charge in [-0.1, -0.05) is 54.1 Å². The molecular weight excluding hydrogens is 320 g/mol. The molecule has 0 heterocycles. The lowest BCUT2D eigenvalue weighted by molar-refractivity contribution is 0.406. The normalized spacial score (nSPS) is 22.0. The largest absolute Gasteiger partial charge is 0.507 e. The summed E-state index contributed by atoms with van der Waals surface area (Å²) in [5, 5.41) is 21.5. The molecule has 2 heteroatoms. The van der Waals surface area contributed by atoms with Crippen molar-refractivity contribution in [1.29, 1.82) is 0 Å². The Kier molecular flexibility index (Phi) is 4.41. The fourth-order valence-corrected chi connectivity index (χ4v) is 3.84. The van der Waals surface area contributed by atoms with Crippen molar-refractivity contribution >= 4 is 0 Å². The molecule has 1 aliphatic rings. The van der Waals surface area contributed by atoms with Gasteiger partial charge in [0.15, 0.2) is 0 Å². The van der Waals surface area contributed by atoms with E-state index in [4.69, 9.17) is 4.11 Å². The van der Waals surface area contributed by atoms with E-state index in [0.717, 1.165) is 17.6 Å². The first-order valence-electron chi connectivity index (χ1n) is 10.6. The van der Waals surface area contributed by atoms with E-state index in [1.807, 2.05) is 25.1 Å². The van der Waals surface area contributed by atoms with Crippen LogP contribution in [0.2, 0.25) is 0 Å². The molecule has 2 aromatic carbocycles. The average molecular weight is 352 g/mol. The first kappa shape index (κ1) is 14.7. The van der Waals surface area contributed by atoms with E-state index in [9.17, 15) is 10.2 Å². The Bertz CT molecular complexity index is 890. The third-order valence-electron chi connectivity index (χ3n) is 5.25. The second kappa shape index (κ2) is 7.82.